The summed E-state index contributed by atoms with van der Waals surface area (Å²) in [4.78, 5) is 21.9. The predicted octanol–water partition coefficient (Wildman–Crippen LogP) is -0.324. The SMILES string of the molecule is COC(=O)/C=C/C(=O)OC[Si](OC)(OC)OC. The molecule has 0 aliphatic heterocycles. The van der Waals surface area contributed by atoms with Crippen molar-refractivity contribution in [2.24, 2.45) is 0 Å². The van der Waals surface area contributed by atoms with Gasteiger partial charge in [-0.25, -0.2) is 9.59 Å². The van der Waals surface area contributed by atoms with Crippen molar-refractivity contribution in [3.05, 3.63) is 12.2 Å². The molecule has 0 saturated heterocycles. The van der Waals surface area contributed by atoms with Gasteiger partial charge in [0.1, 0.15) is 0 Å². The number of methoxy groups -OCH3 is 1. The Kier molecular flexibility index (Phi) is 7.38. The van der Waals surface area contributed by atoms with E-state index in [1.807, 2.05) is 0 Å². The van der Waals surface area contributed by atoms with Gasteiger partial charge in [-0.2, -0.15) is 0 Å². The maximum Gasteiger partial charge on any atom is 0.539 e. The summed E-state index contributed by atoms with van der Waals surface area (Å²) in [5.41, 5.74) is 0. The standard InChI is InChI=1S/C9H16O7Si/c1-12-8(10)5-6-9(11)16-7-17(13-2,14-3)15-4/h5-6H,7H2,1-4H3/b6-5+. The lowest BCUT2D eigenvalue weighted by Gasteiger charge is -2.23. The molecule has 0 rings (SSSR count). The fraction of sp³-hybridized carbons (Fsp3) is 0.556. The molecule has 0 amide bonds. The van der Waals surface area contributed by atoms with Gasteiger partial charge < -0.3 is 22.8 Å². The first-order valence-corrected chi connectivity index (χ1v) is 6.55. The molecule has 0 radical (unpaired) electrons. The molecule has 0 aliphatic rings. The molecule has 0 heterocycles. The first-order valence-electron chi connectivity index (χ1n) is 4.61. The van der Waals surface area contributed by atoms with Gasteiger partial charge >= 0.3 is 20.7 Å². The Morgan fingerprint density at radius 2 is 1.41 bits per heavy atom. The number of rotatable bonds is 7. The summed E-state index contributed by atoms with van der Waals surface area (Å²) in [6.07, 6.45) is 1.77. The third kappa shape index (κ3) is 5.59. The second-order valence-electron chi connectivity index (χ2n) is 2.76. The molecule has 98 valence electrons. The Labute approximate surface area is 101 Å². The van der Waals surface area contributed by atoms with Crippen LogP contribution in [0.3, 0.4) is 0 Å². The van der Waals surface area contributed by atoms with E-state index < -0.39 is 20.7 Å². The fourth-order valence-electron chi connectivity index (χ4n) is 0.839. The number of hydrogen-bond acceptors (Lipinski definition) is 7. The van der Waals surface area contributed by atoms with Crippen molar-refractivity contribution in [2.45, 2.75) is 0 Å². The average Bonchev–Trinajstić information content (AvgIpc) is 2.38. The quantitative estimate of drug-likeness (QED) is 0.354. The summed E-state index contributed by atoms with van der Waals surface area (Å²) in [7, 11) is 2.47. The molecule has 7 nitrogen and oxygen atoms in total. The Morgan fingerprint density at radius 1 is 0.941 bits per heavy atom. The Balaban J connectivity index is 4.23. The van der Waals surface area contributed by atoms with Crippen molar-refractivity contribution in [2.75, 3.05) is 34.7 Å². The van der Waals surface area contributed by atoms with Crippen LogP contribution in [0.25, 0.3) is 0 Å². The summed E-state index contributed by atoms with van der Waals surface area (Å²) < 4.78 is 24.2. The third-order valence-electron chi connectivity index (χ3n) is 1.88. The highest BCUT2D eigenvalue weighted by Crippen LogP contribution is 2.06. The minimum atomic E-state index is -2.94. The molecular formula is C9H16O7Si. The highest BCUT2D eigenvalue weighted by atomic mass is 28.4. The van der Waals surface area contributed by atoms with Crippen molar-refractivity contribution in [3.63, 3.8) is 0 Å². The Hall–Kier alpha value is -1.22. The summed E-state index contributed by atoms with van der Waals surface area (Å²) in [5.74, 6) is -1.35. The zero-order valence-electron chi connectivity index (χ0n) is 10.2. The molecule has 0 spiro atoms. The van der Waals surface area contributed by atoms with Crippen LogP contribution in [0, 0.1) is 0 Å². The number of esters is 2. The van der Waals surface area contributed by atoms with Crippen LogP contribution in [-0.2, 0) is 32.3 Å². The minimum Gasteiger partial charge on any atom is -0.466 e. The molecule has 0 aromatic carbocycles. The van der Waals surface area contributed by atoms with E-state index in [2.05, 4.69) is 4.74 Å². The molecule has 0 aliphatic carbocycles. The smallest absolute Gasteiger partial charge is 0.466 e. The Bertz CT molecular complexity index is 277. The van der Waals surface area contributed by atoms with E-state index in [4.69, 9.17) is 18.0 Å². The molecule has 17 heavy (non-hydrogen) atoms. The van der Waals surface area contributed by atoms with Crippen LogP contribution in [0.4, 0.5) is 0 Å². The molecule has 0 unspecified atom stereocenters. The topological polar surface area (TPSA) is 80.3 Å². The minimum absolute atomic E-state index is 0.138. The van der Waals surface area contributed by atoms with Crippen LogP contribution >= 0.6 is 0 Å². The summed E-state index contributed by atoms with van der Waals surface area (Å²) in [6, 6.07) is 0. The van der Waals surface area contributed by atoms with Crippen LogP contribution < -0.4 is 0 Å². The molecule has 8 heteroatoms. The normalized spacial score (nSPS) is 11.5. The monoisotopic (exact) mass is 264 g/mol. The van der Waals surface area contributed by atoms with Gasteiger partial charge in [0, 0.05) is 33.5 Å². The van der Waals surface area contributed by atoms with E-state index in [1.54, 1.807) is 0 Å². The van der Waals surface area contributed by atoms with Gasteiger partial charge in [-0.3, -0.25) is 0 Å². The van der Waals surface area contributed by atoms with Gasteiger partial charge in [-0.1, -0.05) is 0 Å². The lowest BCUT2D eigenvalue weighted by molar-refractivity contribution is -0.139. The number of hydrogen-bond donors (Lipinski definition) is 0. The second-order valence-corrected chi connectivity index (χ2v) is 5.64. The van der Waals surface area contributed by atoms with Crippen LogP contribution in [0.2, 0.25) is 0 Å². The van der Waals surface area contributed by atoms with Crippen LogP contribution in [0.1, 0.15) is 0 Å². The van der Waals surface area contributed by atoms with Crippen molar-refractivity contribution < 1.29 is 32.3 Å². The van der Waals surface area contributed by atoms with E-state index in [-0.39, 0.29) is 6.23 Å². The predicted molar refractivity (Wildman–Crippen MR) is 58.9 cm³/mol. The van der Waals surface area contributed by atoms with Crippen LogP contribution in [-0.4, -0.2) is 55.4 Å². The molecule has 0 aromatic heterocycles. The zero-order chi connectivity index (χ0) is 13.3. The summed E-state index contributed by atoms with van der Waals surface area (Å²) in [6.45, 7) is 0. The van der Waals surface area contributed by atoms with E-state index in [1.165, 1.54) is 28.4 Å². The zero-order valence-corrected chi connectivity index (χ0v) is 11.2. The molecule has 0 aromatic rings. The van der Waals surface area contributed by atoms with E-state index >= 15 is 0 Å². The van der Waals surface area contributed by atoms with Gasteiger partial charge in [-0.15, -0.1) is 0 Å². The maximum atomic E-state index is 11.2. The molecule has 0 bridgehead atoms. The van der Waals surface area contributed by atoms with Gasteiger partial charge in [0.25, 0.3) is 0 Å². The molecular weight excluding hydrogens is 248 g/mol. The number of carbonyl (C=O) groups is 2. The second kappa shape index (κ2) is 7.95. The van der Waals surface area contributed by atoms with Gasteiger partial charge in [0.05, 0.1) is 7.11 Å². The fourth-order valence-corrected chi connectivity index (χ4v) is 2.01. The largest absolute Gasteiger partial charge is 0.539 e. The maximum absolute atomic E-state index is 11.2. The number of ether oxygens (including phenoxy) is 2. The van der Waals surface area contributed by atoms with Crippen molar-refractivity contribution in [1.82, 2.24) is 0 Å². The summed E-state index contributed by atoms with van der Waals surface area (Å²) >= 11 is 0. The summed E-state index contributed by atoms with van der Waals surface area (Å²) in [5, 5.41) is 0. The van der Waals surface area contributed by atoms with Gasteiger partial charge in [-0.05, 0) is 0 Å². The molecule has 0 atom stereocenters. The molecule has 0 saturated carbocycles. The average molecular weight is 264 g/mol. The van der Waals surface area contributed by atoms with Crippen molar-refractivity contribution >= 4 is 20.7 Å². The van der Waals surface area contributed by atoms with Crippen LogP contribution in [0.15, 0.2) is 12.2 Å². The van der Waals surface area contributed by atoms with Gasteiger partial charge in [0.2, 0.25) is 0 Å². The highest BCUT2D eigenvalue weighted by Gasteiger charge is 2.39. The first-order chi connectivity index (χ1) is 8.03. The lowest BCUT2D eigenvalue weighted by Crippen LogP contribution is -2.48. The molecule has 0 N–H and O–H groups in total. The van der Waals surface area contributed by atoms with Crippen molar-refractivity contribution in [3.8, 4) is 0 Å². The number of carbonyl (C=O) groups excluding carboxylic acids is 2. The van der Waals surface area contributed by atoms with Crippen molar-refractivity contribution in [1.29, 1.82) is 0 Å². The Morgan fingerprint density at radius 3 is 1.82 bits per heavy atom. The van der Waals surface area contributed by atoms with Crippen LogP contribution in [0.5, 0.6) is 0 Å². The lowest BCUT2D eigenvalue weighted by atomic mass is 10.5. The third-order valence-corrected chi connectivity index (χ3v) is 4.24. The molecule has 0 fully saturated rings. The van der Waals surface area contributed by atoms with E-state index in [0.29, 0.717) is 0 Å². The first kappa shape index (κ1) is 15.8. The van der Waals surface area contributed by atoms with E-state index in [0.717, 1.165) is 12.2 Å². The van der Waals surface area contributed by atoms with Gasteiger partial charge in [0.15, 0.2) is 6.23 Å². The van der Waals surface area contributed by atoms with E-state index in [9.17, 15) is 9.59 Å². The highest BCUT2D eigenvalue weighted by molar-refractivity contribution is 6.60.